The number of benzene rings is 1. The fourth-order valence-electron chi connectivity index (χ4n) is 2.95. The minimum atomic E-state index is -3.85. The largest absolute Gasteiger partial charge is 0.459 e. The van der Waals surface area contributed by atoms with Crippen molar-refractivity contribution in [2.75, 3.05) is 18.5 Å². The van der Waals surface area contributed by atoms with E-state index in [1.54, 1.807) is 36.4 Å². The molecule has 0 radical (unpaired) electrons. The highest BCUT2D eigenvalue weighted by Gasteiger charge is 2.29. The predicted molar refractivity (Wildman–Crippen MR) is 98.3 cm³/mol. The second-order valence-corrected chi connectivity index (χ2v) is 8.33. The number of hydrogen-bond donors (Lipinski definition) is 1. The maximum atomic E-state index is 13.1. The van der Waals surface area contributed by atoms with Gasteiger partial charge in [-0.2, -0.15) is 4.98 Å². The van der Waals surface area contributed by atoms with Crippen molar-refractivity contribution >= 4 is 15.7 Å². The van der Waals surface area contributed by atoms with E-state index in [9.17, 15) is 8.42 Å². The van der Waals surface area contributed by atoms with Crippen LogP contribution in [0.2, 0.25) is 0 Å². The Bertz CT molecular complexity index is 1000. The number of aromatic nitrogens is 1. The van der Waals surface area contributed by atoms with Crippen LogP contribution in [0.1, 0.15) is 18.4 Å². The first-order valence-electron chi connectivity index (χ1n) is 8.76. The van der Waals surface area contributed by atoms with Crippen molar-refractivity contribution in [2.45, 2.75) is 35.8 Å². The van der Waals surface area contributed by atoms with E-state index in [1.807, 2.05) is 6.92 Å². The van der Waals surface area contributed by atoms with Gasteiger partial charge in [-0.25, -0.2) is 8.42 Å². The molecular weight excluding hydrogens is 368 g/mol. The topological polar surface area (TPSA) is 94.6 Å². The smallest absolute Gasteiger partial charge is 0.266 e. The van der Waals surface area contributed by atoms with E-state index < -0.39 is 9.84 Å². The highest BCUT2D eigenvalue weighted by molar-refractivity contribution is 7.91. The minimum absolute atomic E-state index is 0.0251. The summed E-state index contributed by atoms with van der Waals surface area (Å²) in [7, 11) is -3.85. The lowest BCUT2D eigenvalue weighted by atomic mass is 10.2. The molecule has 142 valence electrons. The van der Waals surface area contributed by atoms with Gasteiger partial charge in [0, 0.05) is 13.2 Å². The lowest BCUT2D eigenvalue weighted by molar-refractivity contribution is 0.120. The van der Waals surface area contributed by atoms with Crippen LogP contribution in [0.3, 0.4) is 0 Å². The second-order valence-electron chi connectivity index (χ2n) is 6.46. The van der Waals surface area contributed by atoms with Crippen molar-refractivity contribution in [3.8, 4) is 11.7 Å². The molecule has 8 heteroatoms. The van der Waals surface area contributed by atoms with Crippen LogP contribution in [-0.4, -0.2) is 32.7 Å². The Labute approximate surface area is 157 Å². The van der Waals surface area contributed by atoms with Crippen LogP contribution in [0.25, 0.3) is 11.7 Å². The molecule has 0 unspecified atom stereocenters. The summed E-state index contributed by atoms with van der Waals surface area (Å²) >= 11 is 0. The molecular formula is C19H20N2O5S. The highest BCUT2D eigenvalue weighted by atomic mass is 32.2. The number of nitrogens with zero attached hydrogens (tertiary/aromatic N) is 1. The summed E-state index contributed by atoms with van der Waals surface area (Å²) in [5.74, 6) is 0.568. The zero-order valence-corrected chi connectivity index (χ0v) is 15.7. The average molecular weight is 388 g/mol. The molecule has 1 aromatic carbocycles. The van der Waals surface area contributed by atoms with Crippen LogP contribution in [0.4, 0.5) is 5.88 Å². The zero-order valence-electron chi connectivity index (χ0n) is 14.8. The zero-order chi connectivity index (χ0) is 18.9. The number of aryl methyl sites for hydroxylation is 1. The predicted octanol–water partition coefficient (Wildman–Crippen LogP) is 3.67. The molecule has 27 heavy (non-hydrogen) atoms. The molecule has 0 aliphatic carbocycles. The Balaban J connectivity index is 1.71. The van der Waals surface area contributed by atoms with E-state index in [2.05, 4.69) is 10.3 Å². The summed E-state index contributed by atoms with van der Waals surface area (Å²) in [6.07, 6.45) is 3.42. The number of rotatable bonds is 6. The van der Waals surface area contributed by atoms with Crippen molar-refractivity contribution < 1.29 is 22.0 Å². The molecule has 0 saturated carbocycles. The molecule has 3 aromatic rings. The van der Waals surface area contributed by atoms with Gasteiger partial charge in [-0.15, -0.1) is 0 Å². The standard InChI is InChI=1S/C19H20N2O5S/c1-13-6-8-15(9-7-13)27(22,23)19-18(20-12-14-4-2-10-24-14)26-17(21-19)16-5-3-11-25-16/h3,5-9,11,14,20H,2,4,10,12H2,1H3/t14-/m1/s1. The molecule has 7 nitrogen and oxygen atoms in total. The van der Waals surface area contributed by atoms with Gasteiger partial charge in [0.05, 0.1) is 17.3 Å². The van der Waals surface area contributed by atoms with Crippen molar-refractivity contribution in [1.29, 1.82) is 0 Å². The van der Waals surface area contributed by atoms with Gasteiger partial charge in [0.1, 0.15) is 0 Å². The van der Waals surface area contributed by atoms with E-state index in [-0.39, 0.29) is 27.8 Å². The van der Waals surface area contributed by atoms with E-state index >= 15 is 0 Å². The maximum Gasteiger partial charge on any atom is 0.266 e. The fraction of sp³-hybridized carbons (Fsp3) is 0.316. The molecule has 0 spiro atoms. The maximum absolute atomic E-state index is 13.1. The molecule has 1 N–H and O–H groups in total. The summed E-state index contributed by atoms with van der Waals surface area (Å²) < 4.78 is 42.8. The van der Waals surface area contributed by atoms with Crippen LogP contribution >= 0.6 is 0 Å². The number of oxazole rings is 1. The molecule has 1 fully saturated rings. The van der Waals surface area contributed by atoms with Crippen molar-refractivity contribution in [1.82, 2.24) is 4.98 Å². The average Bonchev–Trinajstić information content (AvgIpc) is 3.40. The third kappa shape index (κ3) is 3.63. The summed E-state index contributed by atoms with van der Waals surface area (Å²) in [6.45, 7) is 3.06. The molecule has 2 aromatic heterocycles. The highest BCUT2D eigenvalue weighted by Crippen LogP contribution is 2.32. The monoisotopic (exact) mass is 388 g/mol. The SMILES string of the molecule is Cc1ccc(S(=O)(=O)c2nc(-c3ccco3)oc2NC[C@H]2CCCO2)cc1. The Kier molecular flexibility index (Phi) is 4.75. The first-order valence-corrected chi connectivity index (χ1v) is 10.2. The van der Waals surface area contributed by atoms with Crippen LogP contribution in [0, 0.1) is 6.92 Å². The summed E-state index contributed by atoms with van der Waals surface area (Å²) in [5.41, 5.74) is 0.974. The minimum Gasteiger partial charge on any atom is -0.459 e. The summed E-state index contributed by atoms with van der Waals surface area (Å²) in [5, 5.41) is 2.89. The van der Waals surface area contributed by atoms with E-state index in [0.29, 0.717) is 12.3 Å². The molecule has 1 aliphatic heterocycles. The van der Waals surface area contributed by atoms with Crippen LogP contribution in [0.5, 0.6) is 0 Å². The Morgan fingerprint density at radius 2 is 2.04 bits per heavy atom. The number of nitrogens with one attached hydrogen (secondary N) is 1. The van der Waals surface area contributed by atoms with E-state index in [0.717, 1.165) is 25.0 Å². The van der Waals surface area contributed by atoms with Gasteiger partial charge in [0.25, 0.3) is 5.89 Å². The Hall–Kier alpha value is -2.58. The summed E-state index contributed by atoms with van der Waals surface area (Å²) in [4.78, 5) is 4.38. The molecule has 1 atom stereocenters. The third-order valence-corrected chi connectivity index (χ3v) is 6.11. The van der Waals surface area contributed by atoms with Gasteiger partial charge in [-0.1, -0.05) is 17.7 Å². The molecule has 3 heterocycles. The lowest BCUT2D eigenvalue weighted by Gasteiger charge is -2.10. The van der Waals surface area contributed by atoms with Gasteiger partial charge in [0.2, 0.25) is 20.7 Å². The number of anilines is 1. The molecule has 1 aliphatic rings. The van der Waals surface area contributed by atoms with Crippen molar-refractivity contribution in [3.05, 3.63) is 48.2 Å². The van der Waals surface area contributed by atoms with Gasteiger partial charge < -0.3 is 18.9 Å². The Morgan fingerprint density at radius 3 is 2.70 bits per heavy atom. The third-order valence-electron chi connectivity index (χ3n) is 4.43. The van der Waals surface area contributed by atoms with Gasteiger partial charge >= 0.3 is 0 Å². The first kappa shape index (κ1) is 17.8. The number of sulfone groups is 1. The first-order chi connectivity index (χ1) is 13.0. The summed E-state index contributed by atoms with van der Waals surface area (Å²) in [6, 6.07) is 9.98. The van der Waals surface area contributed by atoms with E-state index in [4.69, 9.17) is 13.6 Å². The number of ether oxygens (including phenoxy) is 1. The molecule has 0 bridgehead atoms. The van der Waals surface area contributed by atoms with Crippen LogP contribution < -0.4 is 5.32 Å². The van der Waals surface area contributed by atoms with Gasteiger partial charge in [0.15, 0.2) is 5.76 Å². The normalized spacial score (nSPS) is 17.3. The molecule has 0 amide bonds. The Morgan fingerprint density at radius 1 is 1.22 bits per heavy atom. The van der Waals surface area contributed by atoms with Gasteiger partial charge in [-0.3, -0.25) is 0 Å². The molecule has 4 rings (SSSR count). The number of furan rings is 1. The van der Waals surface area contributed by atoms with Crippen molar-refractivity contribution in [2.24, 2.45) is 0 Å². The van der Waals surface area contributed by atoms with Gasteiger partial charge in [-0.05, 0) is 44.0 Å². The quantitative estimate of drug-likeness (QED) is 0.688. The van der Waals surface area contributed by atoms with Crippen LogP contribution in [-0.2, 0) is 14.6 Å². The molecule has 1 saturated heterocycles. The lowest BCUT2D eigenvalue weighted by Crippen LogP contribution is -2.19. The second kappa shape index (κ2) is 7.21. The van der Waals surface area contributed by atoms with Crippen molar-refractivity contribution in [3.63, 3.8) is 0 Å². The van der Waals surface area contributed by atoms with E-state index in [1.165, 1.54) is 6.26 Å². The number of hydrogen-bond acceptors (Lipinski definition) is 7. The van der Waals surface area contributed by atoms with Crippen LogP contribution in [0.15, 0.2) is 61.4 Å². The fourth-order valence-corrected chi connectivity index (χ4v) is 4.23.